The van der Waals surface area contributed by atoms with Crippen molar-refractivity contribution in [2.24, 2.45) is 0 Å². The second-order valence-corrected chi connectivity index (χ2v) is 3.06. The summed E-state index contributed by atoms with van der Waals surface area (Å²) in [7, 11) is 0. The van der Waals surface area contributed by atoms with Gasteiger partial charge in [0, 0.05) is 0 Å². The molecule has 1 nitrogen and oxygen atoms in total. The first-order valence-electron chi connectivity index (χ1n) is 2.84. The van der Waals surface area contributed by atoms with E-state index in [4.69, 9.17) is 23.2 Å². The van der Waals surface area contributed by atoms with Crippen LogP contribution < -0.4 is 0 Å². The van der Waals surface area contributed by atoms with Crippen molar-refractivity contribution < 1.29 is 22.4 Å². The Kier molecular flexibility index (Phi) is 2.42. The second kappa shape index (κ2) is 2.99. The number of hydrogen-bond acceptors (Lipinski definition) is 1. The van der Waals surface area contributed by atoms with Crippen molar-refractivity contribution in [1.82, 2.24) is 0 Å². The highest BCUT2D eigenvalue weighted by molar-refractivity contribution is 6.48. The van der Waals surface area contributed by atoms with Crippen LogP contribution in [0.2, 0.25) is 0 Å². The first-order chi connectivity index (χ1) is 5.80. The third kappa shape index (κ3) is 1.36. The standard InChI is InChI=1S/C6Cl2F4O/c7-4-2(10)1(9)3(11)5(13)6(4,8)12. The van der Waals surface area contributed by atoms with Crippen molar-refractivity contribution in [3.05, 3.63) is 22.5 Å². The lowest BCUT2D eigenvalue weighted by Crippen LogP contribution is -2.32. The van der Waals surface area contributed by atoms with Gasteiger partial charge in [0.1, 0.15) is 5.03 Å². The minimum Gasteiger partial charge on any atom is -0.286 e. The smallest absolute Gasteiger partial charge is 0.286 e. The molecule has 0 heterocycles. The van der Waals surface area contributed by atoms with Crippen molar-refractivity contribution >= 4 is 29.0 Å². The van der Waals surface area contributed by atoms with Crippen LogP contribution in [0.1, 0.15) is 0 Å². The minimum absolute atomic E-state index is 1.50. The highest BCUT2D eigenvalue weighted by Gasteiger charge is 2.50. The lowest BCUT2D eigenvalue weighted by molar-refractivity contribution is -0.122. The van der Waals surface area contributed by atoms with Gasteiger partial charge in [-0.25, -0.2) is 13.2 Å². The summed E-state index contributed by atoms with van der Waals surface area (Å²) in [4.78, 5) is 10.5. The highest BCUT2D eigenvalue weighted by atomic mass is 35.5. The van der Waals surface area contributed by atoms with Crippen LogP contribution in [0.5, 0.6) is 0 Å². The van der Waals surface area contributed by atoms with E-state index in [0.29, 0.717) is 0 Å². The lowest BCUT2D eigenvalue weighted by atomic mass is 10.1. The first kappa shape index (κ1) is 10.5. The largest absolute Gasteiger partial charge is 0.287 e. The fraction of sp³-hybridized carbons (Fsp3) is 0.167. The summed E-state index contributed by atoms with van der Waals surface area (Å²) in [6.45, 7) is 0. The number of allylic oxidation sites excluding steroid dienone is 4. The van der Waals surface area contributed by atoms with Gasteiger partial charge in [-0.15, -0.1) is 0 Å². The summed E-state index contributed by atoms with van der Waals surface area (Å²) in [6, 6.07) is 0. The fourth-order valence-corrected chi connectivity index (χ4v) is 1.00. The van der Waals surface area contributed by atoms with Gasteiger partial charge in [-0.3, -0.25) is 4.79 Å². The molecule has 1 aliphatic carbocycles. The fourth-order valence-electron chi connectivity index (χ4n) is 0.668. The second-order valence-electron chi connectivity index (χ2n) is 2.16. The molecule has 0 saturated heterocycles. The zero-order valence-electron chi connectivity index (χ0n) is 5.68. The van der Waals surface area contributed by atoms with Crippen LogP contribution in [0.3, 0.4) is 0 Å². The Morgan fingerprint density at radius 3 is 2.00 bits per heavy atom. The summed E-state index contributed by atoms with van der Waals surface area (Å²) in [5.41, 5.74) is 0. The average Bonchev–Trinajstić information content (AvgIpc) is 2.09. The van der Waals surface area contributed by atoms with E-state index in [9.17, 15) is 22.4 Å². The average molecular weight is 235 g/mol. The van der Waals surface area contributed by atoms with Crippen LogP contribution in [-0.4, -0.2) is 10.9 Å². The molecule has 1 unspecified atom stereocenters. The Morgan fingerprint density at radius 2 is 1.54 bits per heavy atom. The predicted molar refractivity (Wildman–Crippen MR) is 37.9 cm³/mol. The van der Waals surface area contributed by atoms with Gasteiger partial charge in [0.25, 0.3) is 10.9 Å². The number of hydrogen-bond donors (Lipinski definition) is 0. The maximum absolute atomic E-state index is 12.9. The summed E-state index contributed by atoms with van der Waals surface area (Å²) in [6.07, 6.45) is 0. The molecule has 0 aliphatic heterocycles. The quantitative estimate of drug-likeness (QED) is 0.465. The SMILES string of the molecule is O=C1C(F)=C(F)C(F)=C(Cl)C1(F)Cl. The van der Waals surface area contributed by atoms with E-state index < -0.39 is 33.4 Å². The van der Waals surface area contributed by atoms with Gasteiger partial charge in [0.05, 0.1) is 0 Å². The Balaban J connectivity index is 3.41. The van der Waals surface area contributed by atoms with Gasteiger partial charge in [-0.05, 0) is 0 Å². The summed E-state index contributed by atoms with van der Waals surface area (Å²) < 4.78 is 50.1. The molecule has 1 aliphatic rings. The Labute approximate surface area is 79.6 Å². The third-order valence-electron chi connectivity index (χ3n) is 1.34. The summed E-state index contributed by atoms with van der Waals surface area (Å²) in [5.74, 6) is -8.39. The molecule has 0 bridgehead atoms. The van der Waals surface area contributed by atoms with Crippen molar-refractivity contribution in [1.29, 1.82) is 0 Å². The third-order valence-corrected chi connectivity index (χ3v) is 2.22. The van der Waals surface area contributed by atoms with Gasteiger partial charge >= 0.3 is 0 Å². The normalized spacial score (nSPS) is 30.2. The first-order valence-corrected chi connectivity index (χ1v) is 3.59. The number of carbonyl (C=O) groups is 1. The monoisotopic (exact) mass is 234 g/mol. The molecule has 72 valence electrons. The molecule has 1 atom stereocenters. The Morgan fingerprint density at radius 1 is 1.08 bits per heavy atom. The molecule has 0 aromatic rings. The maximum atomic E-state index is 12.9. The molecular weight excluding hydrogens is 235 g/mol. The van der Waals surface area contributed by atoms with Crippen LogP contribution >= 0.6 is 23.2 Å². The van der Waals surface area contributed by atoms with Crippen molar-refractivity contribution in [2.75, 3.05) is 0 Å². The molecule has 13 heavy (non-hydrogen) atoms. The van der Waals surface area contributed by atoms with Crippen molar-refractivity contribution in [3.8, 4) is 0 Å². The van der Waals surface area contributed by atoms with Gasteiger partial charge in [0.15, 0.2) is 11.7 Å². The van der Waals surface area contributed by atoms with Gasteiger partial charge in [-0.2, -0.15) is 4.39 Å². The van der Waals surface area contributed by atoms with E-state index in [0.717, 1.165) is 0 Å². The molecule has 0 aromatic heterocycles. The number of ketones is 1. The van der Waals surface area contributed by atoms with Gasteiger partial charge < -0.3 is 0 Å². The van der Waals surface area contributed by atoms with Crippen LogP contribution in [0, 0.1) is 0 Å². The van der Waals surface area contributed by atoms with Crippen molar-refractivity contribution in [3.63, 3.8) is 0 Å². The molecule has 7 heteroatoms. The van der Waals surface area contributed by atoms with Crippen LogP contribution in [0.4, 0.5) is 17.6 Å². The van der Waals surface area contributed by atoms with E-state index in [1.807, 2.05) is 0 Å². The van der Waals surface area contributed by atoms with E-state index in [1.165, 1.54) is 0 Å². The number of rotatable bonds is 0. The van der Waals surface area contributed by atoms with Gasteiger partial charge in [0.2, 0.25) is 5.83 Å². The maximum Gasteiger partial charge on any atom is 0.287 e. The van der Waals surface area contributed by atoms with E-state index >= 15 is 0 Å². The highest BCUT2D eigenvalue weighted by Crippen LogP contribution is 2.43. The molecule has 0 radical (unpaired) electrons. The summed E-state index contributed by atoms with van der Waals surface area (Å²) in [5, 5.41) is -5.05. The minimum atomic E-state index is -3.55. The Hall–Kier alpha value is -0.550. The van der Waals surface area contributed by atoms with Crippen LogP contribution in [-0.2, 0) is 4.79 Å². The Bertz CT molecular complexity index is 345. The predicted octanol–water partition coefficient (Wildman–Crippen LogP) is 3.04. The zero-order valence-corrected chi connectivity index (χ0v) is 7.19. The van der Waals surface area contributed by atoms with Crippen molar-refractivity contribution in [2.45, 2.75) is 5.13 Å². The molecule has 0 aromatic carbocycles. The molecule has 0 saturated carbocycles. The number of alkyl halides is 2. The van der Waals surface area contributed by atoms with Gasteiger partial charge in [-0.1, -0.05) is 23.2 Å². The molecule has 0 spiro atoms. The zero-order chi connectivity index (χ0) is 10.4. The molecule has 0 fully saturated rings. The molecular formula is C6Cl2F4O. The molecule has 1 rings (SSSR count). The van der Waals surface area contributed by atoms with E-state index in [2.05, 4.69) is 0 Å². The number of Topliss-reactive ketones (excluding diaryl/α,β-unsaturated/α-hetero) is 1. The summed E-state index contributed by atoms with van der Waals surface area (Å²) >= 11 is 9.59. The molecule has 0 amide bonds. The lowest BCUT2D eigenvalue weighted by Gasteiger charge is -2.18. The number of halogens is 6. The number of carbonyl (C=O) groups excluding carboxylic acids is 1. The molecule has 0 N–H and O–H groups in total. The topological polar surface area (TPSA) is 17.1 Å². The van der Waals surface area contributed by atoms with E-state index in [1.54, 1.807) is 0 Å². The van der Waals surface area contributed by atoms with Crippen LogP contribution in [0.15, 0.2) is 22.5 Å². The van der Waals surface area contributed by atoms with E-state index in [-0.39, 0.29) is 0 Å². The van der Waals surface area contributed by atoms with Crippen LogP contribution in [0.25, 0.3) is 0 Å².